The number of H-pyrrole nitrogens is 1. The van der Waals surface area contributed by atoms with Crippen molar-refractivity contribution in [3.63, 3.8) is 0 Å². The van der Waals surface area contributed by atoms with E-state index in [-0.39, 0.29) is 5.91 Å². The van der Waals surface area contributed by atoms with Crippen LogP contribution in [-0.4, -0.2) is 28.9 Å². The monoisotopic (exact) mass is 368 g/mol. The number of hydrogen-bond acceptors (Lipinski definition) is 1. The van der Waals surface area contributed by atoms with Crippen LogP contribution in [0.5, 0.6) is 0 Å². The molecule has 1 unspecified atom stereocenters. The van der Waals surface area contributed by atoms with Crippen LogP contribution in [0.3, 0.4) is 0 Å². The molecule has 4 rings (SSSR count). The van der Waals surface area contributed by atoms with Crippen molar-refractivity contribution in [1.82, 2.24) is 9.88 Å². The minimum Gasteiger partial charge on any atom is -0.358 e. The molecule has 1 aliphatic rings. The molecule has 3 aromatic rings. The summed E-state index contributed by atoms with van der Waals surface area (Å²) in [6.45, 7) is 1.59. The summed E-state index contributed by atoms with van der Waals surface area (Å²) < 4.78 is 0.992. The van der Waals surface area contributed by atoms with Crippen molar-refractivity contribution in [2.24, 2.45) is 0 Å². The molecule has 2 heterocycles. The van der Waals surface area contributed by atoms with Gasteiger partial charge in [0, 0.05) is 40.3 Å². The first kappa shape index (κ1) is 14.5. The summed E-state index contributed by atoms with van der Waals surface area (Å²) in [4.78, 5) is 18.1. The number of para-hydroxylation sites is 1. The third kappa shape index (κ3) is 2.79. The highest BCUT2D eigenvalue weighted by atomic mass is 79.9. The van der Waals surface area contributed by atoms with Crippen molar-refractivity contribution in [3.05, 3.63) is 70.3 Å². The van der Waals surface area contributed by atoms with Crippen molar-refractivity contribution in [3.8, 4) is 0 Å². The molecule has 1 aliphatic heterocycles. The Bertz CT molecular complexity index is 820. The van der Waals surface area contributed by atoms with Gasteiger partial charge in [0.2, 0.25) is 0 Å². The first-order valence-corrected chi connectivity index (χ1v) is 8.62. The molecule has 0 spiro atoms. The molecule has 3 nitrogen and oxygen atoms in total. The van der Waals surface area contributed by atoms with Gasteiger partial charge in [-0.25, -0.2) is 0 Å². The van der Waals surface area contributed by atoms with E-state index >= 15 is 0 Å². The van der Waals surface area contributed by atoms with E-state index in [1.807, 2.05) is 35.2 Å². The van der Waals surface area contributed by atoms with Gasteiger partial charge in [-0.15, -0.1) is 0 Å². The number of aromatic amines is 1. The van der Waals surface area contributed by atoms with Gasteiger partial charge in [0.05, 0.1) is 0 Å². The Morgan fingerprint density at radius 2 is 1.91 bits per heavy atom. The van der Waals surface area contributed by atoms with Gasteiger partial charge in [-0.2, -0.15) is 0 Å². The van der Waals surface area contributed by atoms with Crippen LogP contribution in [0.15, 0.2) is 59.1 Å². The van der Waals surface area contributed by atoms with E-state index in [0.717, 1.165) is 29.5 Å². The van der Waals surface area contributed by atoms with Gasteiger partial charge in [-0.3, -0.25) is 4.79 Å². The van der Waals surface area contributed by atoms with Crippen molar-refractivity contribution >= 4 is 32.7 Å². The van der Waals surface area contributed by atoms with E-state index in [0.29, 0.717) is 5.92 Å². The summed E-state index contributed by atoms with van der Waals surface area (Å²) in [6.07, 6.45) is 1.01. The summed E-state index contributed by atoms with van der Waals surface area (Å²) in [5.41, 5.74) is 3.16. The molecule has 0 aliphatic carbocycles. The van der Waals surface area contributed by atoms with E-state index in [1.54, 1.807) is 0 Å². The normalized spacial score (nSPS) is 17.8. The van der Waals surface area contributed by atoms with Gasteiger partial charge < -0.3 is 9.88 Å². The van der Waals surface area contributed by atoms with Crippen LogP contribution in [0.2, 0.25) is 0 Å². The minimum absolute atomic E-state index is 0.121. The predicted octanol–water partition coefficient (Wildman–Crippen LogP) is 4.56. The number of hydrogen-bond donors (Lipinski definition) is 1. The van der Waals surface area contributed by atoms with Crippen molar-refractivity contribution in [2.75, 3.05) is 13.1 Å². The Morgan fingerprint density at radius 1 is 1.13 bits per heavy atom. The van der Waals surface area contributed by atoms with Gasteiger partial charge >= 0.3 is 0 Å². The third-order valence-corrected chi connectivity index (χ3v) is 5.09. The number of nitrogens with one attached hydrogen (secondary N) is 1. The number of amides is 1. The Kier molecular flexibility index (Phi) is 3.69. The number of carbonyl (C=O) groups is 1. The highest BCUT2D eigenvalue weighted by molar-refractivity contribution is 9.10. The fourth-order valence-corrected chi connectivity index (χ4v) is 3.55. The lowest BCUT2D eigenvalue weighted by Crippen LogP contribution is -2.28. The maximum Gasteiger partial charge on any atom is 0.253 e. The van der Waals surface area contributed by atoms with Crippen LogP contribution in [0.4, 0.5) is 0 Å². The van der Waals surface area contributed by atoms with E-state index in [4.69, 9.17) is 0 Å². The smallest absolute Gasteiger partial charge is 0.253 e. The molecular weight excluding hydrogens is 352 g/mol. The van der Waals surface area contributed by atoms with E-state index < -0.39 is 0 Å². The predicted molar refractivity (Wildman–Crippen MR) is 95.7 cm³/mol. The average Bonchev–Trinajstić information content (AvgIpc) is 3.21. The number of carbonyl (C=O) groups excluding carboxylic acids is 1. The molecule has 1 N–H and O–H groups in total. The minimum atomic E-state index is 0.121. The molecule has 0 radical (unpaired) electrons. The standard InChI is InChI=1S/C19H17BrN2O/c20-16-7-5-13(6-8-16)19(23)22-10-9-15(12-22)18-11-14-3-1-2-4-17(14)21-18/h1-8,11,15,21H,9-10,12H2. The van der Waals surface area contributed by atoms with Gasteiger partial charge in [-0.1, -0.05) is 34.1 Å². The zero-order chi connectivity index (χ0) is 15.8. The topological polar surface area (TPSA) is 36.1 Å². The number of halogens is 1. The van der Waals surface area contributed by atoms with Crippen LogP contribution in [0.25, 0.3) is 10.9 Å². The number of benzene rings is 2. The number of aromatic nitrogens is 1. The summed E-state index contributed by atoms with van der Waals surface area (Å²) in [5, 5.41) is 1.24. The van der Waals surface area contributed by atoms with Crippen LogP contribution in [0.1, 0.15) is 28.4 Å². The fraction of sp³-hybridized carbons (Fsp3) is 0.211. The lowest BCUT2D eigenvalue weighted by molar-refractivity contribution is 0.0790. The maximum absolute atomic E-state index is 12.6. The second-order valence-corrected chi connectivity index (χ2v) is 6.97. The van der Waals surface area contributed by atoms with E-state index in [1.165, 1.54) is 16.6 Å². The second kappa shape index (κ2) is 5.85. The highest BCUT2D eigenvalue weighted by Gasteiger charge is 2.28. The molecule has 1 atom stereocenters. The second-order valence-electron chi connectivity index (χ2n) is 6.06. The summed E-state index contributed by atoms with van der Waals surface area (Å²) in [5.74, 6) is 0.512. The first-order chi connectivity index (χ1) is 11.2. The van der Waals surface area contributed by atoms with Gasteiger partial charge in [-0.05, 0) is 48.2 Å². The van der Waals surface area contributed by atoms with Crippen molar-refractivity contribution in [1.29, 1.82) is 0 Å². The van der Waals surface area contributed by atoms with Crippen molar-refractivity contribution in [2.45, 2.75) is 12.3 Å². The molecule has 23 heavy (non-hydrogen) atoms. The third-order valence-electron chi connectivity index (χ3n) is 4.56. The SMILES string of the molecule is O=C(c1ccc(Br)cc1)N1CCC(c2cc3ccccc3[nH]2)C1. The molecule has 1 amide bonds. The van der Waals surface area contributed by atoms with Gasteiger partial charge in [0.1, 0.15) is 0 Å². The molecule has 0 bridgehead atoms. The van der Waals surface area contributed by atoms with E-state index in [2.05, 4.69) is 45.2 Å². The van der Waals surface area contributed by atoms with Crippen LogP contribution in [-0.2, 0) is 0 Å². The lowest BCUT2D eigenvalue weighted by Gasteiger charge is -2.16. The first-order valence-electron chi connectivity index (χ1n) is 7.83. The zero-order valence-electron chi connectivity index (χ0n) is 12.6. The Labute approximate surface area is 143 Å². The molecule has 4 heteroatoms. The molecule has 2 aromatic carbocycles. The number of nitrogens with zero attached hydrogens (tertiary/aromatic N) is 1. The molecule has 116 valence electrons. The molecule has 1 saturated heterocycles. The fourth-order valence-electron chi connectivity index (χ4n) is 3.29. The molecule has 1 fully saturated rings. The lowest BCUT2D eigenvalue weighted by atomic mass is 10.1. The maximum atomic E-state index is 12.6. The number of likely N-dealkylation sites (tertiary alicyclic amines) is 1. The molecule has 0 saturated carbocycles. The molecule has 1 aromatic heterocycles. The largest absolute Gasteiger partial charge is 0.358 e. The quantitative estimate of drug-likeness (QED) is 0.706. The summed E-state index contributed by atoms with van der Waals surface area (Å²) in [6, 6.07) is 18.1. The number of rotatable bonds is 2. The summed E-state index contributed by atoms with van der Waals surface area (Å²) in [7, 11) is 0. The van der Waals surface area contributed by atoms with Gasteiger partial charge in [0.15, 0.2) is 0 Å². The summed E-state index contributed by atoms with van der Waals surface area (Å²) >= 11 is 3.41. The van der Waals surface area contributed by atoms with Crippen LogP contribution >= 0.6 is 15.9 Å². The Morgan fingerprint density at radius 3 is 2.70 bits per heavy atom. The van der Waals surface area contributed by atoms with Gasteiger partial charge in [0.25, 0.3) is 5.91 Å². The number of fused-ring (bicyclic) bond motifs is 1. The Hall–Kier alpha value is -2.07. The zero-order valence-corrected chi connectivity index (χ0v) is 14.2. The van der Waals surface area contributed by atoms with E-state index in [9.17, 15) is 4.79 Å². The van der Waals surface area contributed by atoms with Crippen LogP contribution < -0.4 is 0 Å². The van der Waals surface area contributed by atoms with Crippen molar-refractivity contribution < 1.29 is 4.79 Å². The highest BCUT2D eigenvalue weighted by Crippen LogP contribution is 2.30. The van der Waals surface area contributed by atoms with Crippen LogP contribution in [0, 0.1) is 0 Å². The average molecular weight is 369 g/mol. The Balaban J connectivity index is 1.52. The molecular formula is C19H17BrN2O.